The maximum absolute atomic E-state index is 10.8. The summed E-state index contributed by atoms with van der Waals surface area (Å²) in [4.78, 5) is 21.2. The van der Waals surface area contributed by atoms with E-state index in [9.17, 15) is 9.59 Å². The van der Waals surface area contributed by atoms with Gasteiger partial charge in [-0.15, -0.1) is 0 Å². The molecular weight excluding hydrogens is 194 g/mol. The number of nitrogens with one attached hydrogen (secondary N) is 1. The minimum absolute atomic E-state index is 0.469. The SMILES string of the molecule is NC(=O)C(=O)N/N=C\[C@H]1C[C@H]2CC[C@@H]1C2. The lowest BCUT2D eigenvalue weighted by Crippen LogP contribution is -2.33. The Kier molecular flexibility index (Phi) is 2.70. The third kappa shape index (κ3) is 2.16. The number of rotatable bonds is 2. The Balaban J connectivity index is 1.80. The van der Waals surface area contributed by atoms with Gasteiger partial charge in [0.1, 0.15) is 0 Å². The Morgan fingerprint density at radius 2 is 2.13 bits per heavy atom. The highest BCUT2D eigenvalue weighted by Gasteiger charge is 2.38. The number of carbonyl (C=O) groups is 2. The second-order valence-corrected chi connectivity index (χ2v) is 4.42. The van der Waals surface area contributed by atoms with Crippen LogP contribution in [0, 0.1) is 17.8 Å². The predicted molar refractivity (Wildman–Crippen MR) is 54.8 cm³/mol. The van der Waals surface area contributed by atoms with Crippen LogP contribution in [0.2, 0.25) is 0 Å². The van der Waals surface area contributed by atoms with E-state index in [0.717, 1.165) is 11.8 Å². The third-order valence-electron chi connectivity index (χ3n) is 3.45. The first-order chi connectivity index (χ1) is 7.16. The van der Waals surface area contributed by atoms with Crippen molar-refractivity contribution in [2.75, 3.05) is 0 Å². The fourth-order valence-electron chi connectivity index (χ4n) is 2.72. The fraction of sp³-hybridized carbons (Fsp3) is 0.700. The number of amides is 2. The van der Waals surface area contributed by atoms with Gasteiger partial charge < -0.3 is 5.73 Å². The molecule has 2 amide bonds. The highest BCUT2D eigenvalue weighted by Crippen LogP contribution is 2.47. The van der Waals surface area contributed by atoms with Crippen molar-refractivity contribution in [3.05, 3.63) is 0 Å². The van der Waals surface area contributed by atoms with Crippen LogP contribution in [0.25, 0.3) is 0 Å². The summed E-state index contributed by atoms with van der Waals surface area (Å²) in [6.07, 6.45) is 6.82. The predicted octanol–water partition coefficient (Wildman–Crippen LogP) is 0.00990. The molecule has 3 N–H and O–H groups in total. The van der Waals surface area contributed by atoms with Crippen molar-refractivity contribution in [1.29, 1.82) is 0 Å². The van der Waals surface area contributed by atoms with Crippen LogP contribution in [0.15, 0.2) is 5.10 Å². The van der Waals surface area contributed by atoms with E-state index in [2.05, 4.69) is 10.5 Å². The molecule has 82 valence electrons. The van der Waals surface area contributed by atoms with Gasteiger partial charge in [0.2, 0.25) is 0 Å². The minimum Gasteiger partial charge on any atom is -0.361 e. The number of primary amides is 1. The lowest BCUT2D eigenvalue weighted by Gasteiger charge is -2.16. The Hall–Kier alpha value is -1.39. The third-order valence-corrected chi connectivity index (χ3v) is 3.45. The Labute approximate surface area is 88.1 Å². The zero-order valence-electron chi connectivity index (χ0n) is 8.48. The molecule has 0 saturated heterocycles. The summed E-state index contributed by atoms with van der Waals surface area (Å²) in [6.45, 7) is 0. The van der Waals surface area contributed by atoms with E-state index in [1.807, 2.05) is 0 Å². The first-order valence-electron chi connectivity index (χ1n) is 5.29. The van der Waals surface area contributed by atoms with Crippen molar-refractivity contribution >= 4 is 18.0 Å². The molecule has 0 heterocycles. The molecule has 5 heteroatoms. The molecule has 0 radical (unpaired) electrons. The molecule has 0 spiro atoms. The van der Waals surface area contributed by atoms with Gasteiger partial charge in [-0.25, -0.2) is 5.43 Å². The van der Waals surface area contributed by atoms with Crippen LogP contribution in [0.4, 0.5) is 0 Å². The van der Waals surface area contributed by atoms with Gasteiger partial charge in [0.05, 0.1) is 0 Å². The number of hydrogen-bond donors (Lipinski definition) is 2. The van der Waals surface area contributed by atoms with E-state index in [4.69, 9.17) is 5.73 Å². The van der Waals surface area contributed by atoms with E-state index < -0.39 is 11.8 Å². The number of fused-ring (bicyclic) bond motifs is 2. The first kappa shape index (κ1) is 10.1. The number of nitrogens with two attached hydrogens (primary N) is 1. The van der Waals surface area contributed by atoms with Gasteiger partial charge in [-0.2, -0.15) is 5.10 Å². The highest BCUT2D eigenvalue weighted by atomic mass is 16.2. The molecule has 0 aromatic rings. The Bertz CT molecular complexity index is 314. The van der Waals surface area contributed by atoms with E-state index in [1.54, 1.807) is 6.21 Å². The minimum atomic E-state index is -1.000. The van der Waals surface area contributed by atoms with Crippen LogP contribution >= 0.6 is 0 Å². The Morgan fingerprint density at radius 3 is 2.67 bits per heavy atom. The lowest BCUT2D eigenvalue weighted by molar-refractivity contribution is -0.137. The maximum atomic E-state index is 10.8. The van der Waals surface area contributed by atoms with E-state index in [-0.39, 0.29) is 0 Å². The molecule has 3 atom stereocenters. The van der Waals surface area contributed by atoms with Crippen molar-refractivity contribution in [3.8, 4) is 0 Å². The monoisotopic (exact) mass is 209 g/mol. The van der Waals surface area contributed by atoms with Crippen molar-refractivity contribution in [2.45, 2.75) is 25.7 Å². The van der Waals surface area contributed by atoms with Crippen LogP contribution in [-0.2, 0) is 9.59 Å². The summed E-state index contributed by atoms with van der Waals surface area (Å²) in [5.74, 6) is 0.189. The molecule has 2 saturated carbocycles. The summed E-state index contributed by atoms with van der Waals surface area (Å²) in [6, 6.07) is 0. The molecule has 15 heavy (non-hydrogen) atoms. The number of hydrogen-bond acceptors (Lipinski definition) is 3. The largest absolute Gasteiger partial charge is 0.361 e. The smallest absolute Gasteiger partial charge is 0.329 e. The quantitative estimate of drug-likeness (QED) is 0.381. The summed E-state index contributed by atoms with van der Waals surface area (Å²) < 4.78 is 0. The van der Waals surface area contributed by atoms with Gasteiger partial charge in [-0.05, 0) is 37.0 Å². The van der Waals surface area contributed by atoms with Gasteiger partial charge in [-0.3, -0.25) is 9.59 Å². The van der Waals surface area contributed by atoms with Crippen LogP contribution in [0.1, 0.15) is 25.7 Å². The number of carbonyl (C=O) groups excluding carboxylic acids is 2. The van der Waals surface area contributed by atoms with Crippen molar-refractivity contribution in [3.63, 3.8) is 0 Å². The molecule has 0 aliphatic heterocycles. The normalized spacial score (nSPS) is 33.5. The topological polar surface area (TPSA) is 84.5 Å². The van der Waals surface area contributed by atoms with Crippen LogP contribution in [0.3, 0.4) is 0 Å². The lowest BCUT2D eigenvalue weighted by atomic mass is 9.90. The molecule has 0 aromatic heterocycles. The van der Waals surface area contributed by atoms with Crippen LogP contribution in [-0.4, -0.2) is 18.0 Å². The maximum Gasteiger partial charge on any atom is 0.329 e. The van der Waals surface area contributed by atoms with Gasteiger partial charge in [0.25, 0.3) is 0 Å². The molecule has 2 bridgehead atoms. The zero-order valence-corrected chi connectivity index (χ0v) is 8.48. The second kappa shape index (κ2) is 4.00. The van der Waals surface area contributed by atoms with Crippen molar-refractivity contribution < 1.29 is 9.59 Å². The molecule has 2 aliphatic carbocycles. The first-order valence-corrected chi connectivity index (χ1v) is 5.29. The average Bonchev–Trinajstić information content (AvgIpc) is 2.78. The average molecular weight is 209 g/mol. The molecule has 2 fully saturated rings. The molecule has 5 nitrogen and oxygen atoms in total. The van der Waals surface area contributed by atoms with Gasteiger partial charge in [0, 0.05) is 6.21 Å². The molecule has 2 rings (SSSR count). The Morgan fingerprint density at radius 1 is 1.33 bits per heavy atom. The molecule has 0 unspecified atom stereocenters. The van der Waals surface area contributed by atoms with Crippen LogP contribution in [0.5, 0.6) is 0 Å². The molecule has 2 aliphatic rings. The van der Waals surface area contributed by atoms with E-state index in [0.29, 0.717) is 5.92 Å². The standard InChI is InChI=1S/C10H15N3O2/c11-9(14)10(15)13-12-5-8-4-6-1-2-7(8)3-6/h5-8H,1-4H2,(H2,11,14)(H,13,15)/b12-5-/t6-,7+,8+/m0/s1. The van der Waals surface area contributed by atoms with Crippen molar-refractivity contribution in [1.82, 2.24) is 5.43 Å². The number of nitrogens with zero attached hydrogens (tertiary/aromatic N) is 1. The summed E-state index contributed by atoms with van der Waals surface area (Å²) in [7, 11) is 0. The van der Waals surface area contributed by atoms with Crippen molar-refractivity contribution in [2.24, 2.45) is 28.6 Å². The van der Waals surface area contributed by atoms with Gasteiger partial charge >= 0.3 is 11.8 Å². The summed E-state index contributed by atoms with van der Waals surface area (Å²) in [5.41, 5.74) is 6.89. The van der Waals surface area contributed by atoms with E-state index >= 15 is 0 Å². The van der Waals surface area contributed by atoms with Crippen LogP contribution < -0.4 is 11.2 Å². The van der Waals surface area contributed by atoms with E-state index in [1.165, 1.54) is 25.7 Å². The molecule has 0 aromatic carbocycles. The fourth-order valence-corrected chi connectivity index (χ4v) is 2.72. The molecular formula is C10H15N3O2. The van der Waals surface area contributed by atoms with Gasteiger partial charge in [0.15, 0.2) is 0 Å². The zero-order chi connectivity index (χ0) is 10.8. The number of hydrazone groups is 1. The second-order valence-electron chi connectivity index (χ2n) is 4.42. The highest BCUT2D eigenvalue weighted by molar-refractivity contribution is 6.34. The summed E-state index contributed by atoms with van der Waals surface area (Å²) >= 11 is 0. The summed E-state index contributed by atoms with van der Waals surface area (Å²) in [5, 5.41) is 3.77. The van der Waals surface area contributed by atoms with Gasteiger partial charge in [-0.1, -0.05) is 6.42 Å².